The van der Waals surface area contributed by atoms with E-state index in [4.69, 9.17) is 0 Å². The molecule has 11 rings (SSSR count). The van der Waals surface area contributed by atoms with E-state index in [0.717, 1.165) is 0 Å². The second kappa shape index (κ2) is 10.4. The van der Waals surface area contributed by atoms with E-state index >= 15 is 0 Å². The van der Waals surface area contributed by atoms with Crippen LogP contribution in [0.1, 0.15) is 0 Å². The highest BCUT2D eigenvalue weighted by molar-refractivity contribution is 6.28. The molecule has 11 aromatic rings. The van der Waals surface area contributed by atoms with Crippen LogP contribution in [-0.2, 0) is 0 Å². The van der Waals surface area contributed by atoms with E-state index in [1.807, 2.05) is 0 Å². The molecule has 0 bridgehead atoms. The Morgan fingerprint density at radius 1 is 0.300 bits per heavy atom. The highest BCUT2D eigenvalue weighted by Crippen LogP contribution is 2.43. The number of fused-ring (bicyclic) bond motifs is 12. The zero-order valence-corrected chi connectivity index (χ0v) is 27.2. The van der Waals surface area contributed by atoms with Crippen LogP contribution in [0.25, 0.3) is 98.4 Å². The van der Waals surface area contributed by atoms with Crippen molar-refractivity contribution in [3.8, 4) is 22.5 Å². The number of hydrogen-bond acceptors (Lipinski definition) is 0. The average Bonchev–Trinajstić information content (AvgIpc) is 3.71. The summed E-state index contributed by atoms with van der Waals surface area (Å²) in [5, 5.41) is 12.7. The van der Waals surface area contributed by atoms with Crippen LogP contribution < -0.4 is 0 Å². The summed E-state index contributed by atoms with van der Waals surface area (Å²) in [4.78, 5) is 0. The van der Waals surface area contributed by atoms with Gasteiger partial charge >= 0.3 is 0 Å². The fourth-order valence-electron chi connectivity index (χ4n) is 8.62. The molecule has 0 saturated carbocycles. The molecule has 2 nitrogen and oxygen atoms in total. The SMILES string of the molecule is c1ccc(-n2c3ccccc3c3cccc(-c4ccc5c(c4)c4ccccc4n5-c4cccc5c6ccccc6c6ccccc6c45)c32)cc1. The predicted molar refractivity (Wildman–Crippen MR) is 213 cm³/mol. The Hall–Kier alpha value is -6.64. The molecule has 2 heterocycles. The lowest BCUT2D eigenvalue weighted by Gasteiger charge is -2.16. The van der Waals surface area contributed by atoms with Gasteiger partial charge in [0.1, 0.15) is 0 Å². The molecule has 2 aromatic heterocycles. The summed E-state index contributed by atoms with van der Waals surface area (Å²) in [5.74, 6) is 0. The Bertz CT molecular complexity index is 3100. The first-order valence-corrected chi connectivity index (χ1v) is 17.3. The molecule has 0 amide bonds. The Morgan fingerprint density at radius 2 is 0.800 bits per heavy atom. The van der Waals surface area contributed by atoms with Crippen molar-refractivity contribution in [2.24, 2.45) is 0 Å². The van der Waals surface area contributed by atoms with Crippen LogP contribution in [0.5, 0.6) is 0 Å². The van der Waals surface area contributed by atoms with Crippen molar-refractivity contribution in [1.82, 2.24) is 9.13 Å². The number of benzene rings is 9. The summed E-state index contributed by atoms with van der Waals surface area (Å²) in [5.41, 5.74) is 9.67. The fraction of sp³-hybridized carbons (Fsp3) is 0. The van der Waals surface area contributed by atoms with Crippen LogP contribution in [0.15, 0.2) is 182 Å². The zero-order chi connectivity index (χ0) is 32.8. The Labute approximate surface area is 288 Å². The van der Waals surface area contributed by atoms with Crippen molar-refractivity contribution in [2.75, 3.05) is 0 Å². The lowest BCUT2D eigenvalue weighted by molar-refractivity contribution is 1.18. The molecule has 0 N–H and O–H groups in total. The molecule has 0 unspecified atom stereocenters. The maximum atomic E-state index is 2.49. The summed E-state index contributed by atoms with van der Waals surface area (Å²) >= 11 is 0. The number of para-hydroxylation sites is 4. The third kappa shape index (κ3) is 3.73. The molecule has 0 aliphatic heterocycles. The summed E-state index contributed by atoms with van der Waals surface area (Å²) in [6.07, 6.45) is 0. The first-order valence-electron chi connectivity index (χ1n) is 17.3. The van der Waals surface area contributed by atoms with Crippen LogP contribution in [-0.4, -0.2) is 9.13 Å². The number of rotatable bonds is 3. The van der Waals surface area contributed by atoms with E-state index in [2.05, 4.69) is 191 Å². The summed E-state index contributed by atoms with van der Waals surface area (Å²) in [6.45, 7) is 0. The second-order valence-electron chi connectivity index (χ2n) is 13.3. The first-order chi connectivity index (χ1) is 24.8. The molecule has 0 spiro atoms. The van der Waals surface area contributed by atoms with E-state index in [1.165, 1.54) is 98.4 Å². The molecular weight excluding hydrogens is 605 g/mol. The van der Waals surface area contributed by atoms with Gasteiger partial charge in [0.15, 0.2) is 0 Å². The third-order valence-electron chi connectivity index (χ3n) is 10.7. The highest BCUT2D eigenvalue weighted by Gasteiger charge is 2.20. The topological polar surface area (TPSA) is 9.86 Å². The largest absolute Gasteiger partial charge is 0.309 e. The molecule has 0 saturated heterocycles. The summed E-state index contributed by atoms with van der Waals surface area (Å²) in [7, 11) is 0. The van der Waals surface area contributed by atoms with Crippen molar-refractivity contribution in [1.29, 1.82) is 0 Å². The lowest BCUT2D eigenvalue weighted by atomic mass is 9.93. The van der Waals surface area contributed by atoms with E-state index < -0.39 is 0 Å². The quantitative estimate of drug-likeness (QED) is 0.171. The lowest BCUT2D eigenvalue weighted by Crippen LogP contribution is -1.97. The minimum Gasteiger partial charge on any atom is -0.309 e. The van der Waals surface area contributed by atoms with Gasteiger partial charge in [0.05, 0.1) is 27.8 Å². The van der Waals surface area contributed by atoms with Gasteiger partial charge in [0, 0.05) is 38.2 Å². The van der Waals surface area contributed by atoms with Crippen molar-refractivity contribution < 1.29 is 0 Å². The van der Waals surface area contributed by atoms with Gasteiger partial charge in [0.25, 0.3) is 0 Å². The molecule has 0 radical (unpaired) electrons. The molecule has 0 fully saturated rings. The van der Waals surface area contributed by atoms with Gasteiger partial charge in [-0.3, -0.25) is 0 Å². The summed E-state index contributed by atoms with van der Waals surface area (Å²) < 4.78 is 4.92. The maximum Gasteiger partial charge on any atom is 0.0619 e. The van der Waals surface area contributed by atoms with Gasteiger partial charge in [-0.25, -0.2) is 0 Å². The molecule has 0 aliphatic carbocycles. The van der Waals surface area contributed by atoms with Crippen LogP contribution in [0.3, 0.4) is 0 Å². The average molecular weight is 635 g/mol. The van der Waals surface area contributed by atoms with Gasteiger partial charge in [-0.15, -0.1) is 0 Å². The van der Waals surface area contributed by atoms with Crippen molar-refractivity contribution in [2.45, 2.75) is 0 Å². The molecule has 232 valence electrons. The van der Waals surface area contributed by atoms with Crippen molar-refractivity contribution in [3.63, 3.8) is 0 Å². The minimum absolute atomic E-state index is 1.17. The van der Waals surface area contributed by atoms with E-state index in [1.54, 1.807) is 0 Å². The molecular formula is C48H30N2. The maximum absolute atomic E-state index is 2.49. The molecule has 2 heteroatoms. The normalized spacial score (nSPS) is 12.0. The summed E-state index contributed by atoms with van der Waals surface area (Å²) in [6, 6.07) is 66.7. The van der Waals surface area contributed by atoms with Gasteiger partial charge in [0.2, 0.25) is 0 Å². The predicted octanol–water partition coefficient (Wildman–Crippen LogP) is 13.0. The standard InChI is InChI=1S/C48H30N2/c1-2-14-32(15-3-1)49-43-25-10-8-19-37(43)41-24-12-22-33(48(41)49)31-28-29-45-42(30-31)38-20-9-11-26-44(38)50(45)46-27-13-23-40-36-17-5-4-16-34(36)35-18-6-7-21-39(35)47(40)46/h1-30H. The second-order valence-corrected chi connectivity index (χ2v) is 13.3. The monoisotopic (exact) mass is 634 g/mol. The molecule has 9 aromatic carbocycles. The Kier molecular flexibility index (Phi) is 5.70. The Morgan fingerprint density at radius 3 is 1.52 bits per heavy atom. The number of hydrogen-bond donors (Lipinski definition) is 0. The van der Waals surface area contributed by atoms with E-state index in [-0.39, 0.29) is 0 Å². The highest BCUT2D eigenvalue weighted by atomic mass is 15.0. The fourth-order valence-corrected chi connectivity index (χ4v) is 8.62. The number of aromatic nitrogens is 2. The van der Waals surface area contributed by atoms with Gasteiger partial charge in [-0.2, -0.15) is 0 Å². The Balaban J connectivity index is 1.23. The minimum atomic E-state index is 1.17. The molecule has 0 aliphatic rings. The van der Waals surface area contributed by atoms with Crippen LogP contribution in [0, 0.1) is 0 Å². The van der Waals surface area contributed by atoms with E-state index in [0.29, 0.717) is 0 Å². The van der Waals surface area contributed by atoms with Crippen LogP contribution >= 0.6 is 0 Å². The third-order valence-corrected chi connectivity index (χ3v) is 10.7. The number of nitrogens with zero attached hydrogens (tertiary/aromatic N) is 2. The van der Waals surface area contributed by atoms with Gasteiger partial charge < -0.3 is 9.13 Å². The van der Waals surface area contributed by atoms with E-state index in [9.17, 15) is 0 Å². The van der Waals surface area contributed by atoms with Crippen molar-refractivity contribution in [3.05, 3.63) is 182 Å². The molecule has 0 atom stereocenters. The zero-order valence-electron chi connectivity index (χ0n) is 27.2. The molecule has 50 heavy (non-hydrogen) atoms. The van der Waals surface area contributed by atoms with Gasteiger partial charge in [-0.05, 0) is 75.0 Å². The smallest absolute Gasteiger partial charge is 0.0619 e. The first kappa shape index (κ1) is 27.3. The van der Waals surface area contributed by atoms with Crippen LogP contribution in [0.2, 0.25) is 0 Å². The van der Waals surface area contributed by atoms with Crippen LogP contribution in [0.4, 0.5) is 0 Å². The van der Waals surface area contributed by atoms with Crippen molar-refractivity contribution >= 4 is 75.9 Å². The van der Waals surface area contributed by atoms with Gasteiger partial charge in [-0.1, -0.05) is 140 Å².